The van der Waals surface area contributed by atoms with Crippen molar-refractivity contribution in [3.63, 3.8) is 0 Å². The maximum absolute atomic E-state index is 14.6. The Labute approximate surface area is 210 Å². The molecule has 4 N–H and O–H groups in total. The Hall–Kier alpha value is -4.72. The SMILES string of the molecule is CNC(=O)c1nc(NC(=O)c2nsc3ccccc23)c2n1CC(=O)N[C@@]21C(=O)Nc2c(F)cc(F)cc21. The lowest BCUT2D eigenvalue weighted by atomic mass is 9.85. The molecule has 1 spiro atoms. The van der Waals surface area contributed by atoms with Gasteiger partial charge in [0.05, 0.1) is 10.4 Å². The van der Waals surface area contributed by atoms with Crippen molar-refractivity contribution in [3.05, 3.63) is 70.8 Å². The van der Waals surface area contributed by atoms with Gasteiger partial charge in [0.15, 0.2) is 11.4 Å². The molecule has 186 valence electrons. The summed E-state index contributed by atoms with van der Waals surface area (Å²) in [5.41, 5.74) is -2.82. The summed E-state index contributed by atoms with van der Waals surface area (Å²) in [5, 5.41) is 10.4. The van der Waals surface area contributed by atoms with Crippen LogP contribution in [0.1, 0.15) is 32.4 Å². The number of nitrogens with zero attached hydrogens (tertiary/aromatic N) is 3. The number of carbonyl (C=O) groups excluding carboxylic acids is 4. The molecule has 0 radical (unpaired) electrons. The fourth-order valence-electron chi connectivity index (χ4n) is 4.71. The first-order valence-electron chi connectivity index (χ1n) is 10.9. The first-order chi connectivity index (χ1) is 17.7. The highest BCUT2D eigenvalue weighted by Crippen LogP contribution is 2.46. The van der Waals surface area contributed by atoms with Crippen molar-refractivity contribution in [2.75, 3.05) is 17.7 Å². The molecule has 2 aromatic carbocycles. The highest BCUT2D eigenvalue weighted by Gasteiger charge is 2.57. The molecule has 4 amide bonds. The quantitative estimate of drug-likeness (QED) is 0.322. The summed E-state index contributed by atoms with van der Waals surface area (Å²) in [6.07, 6.45) is 0. The predicted molar refractivity (Wildman–Crippen MR) is 127 cm³/mol. The number of carbonyl (C=O) groups is 4. The van der Waals surface area contributed by atoms with Crippen LogP contribution in [0.25, 0.3) is 10.1 Å². The molecule has 0 bridgehead atoms. The highest BCUT2D eigenvalue weighted by molar-refractivity contribution is 7.13. The van der Waals surface area contributed by atoms with Gasteiger partial charge in [0.25, 0.3) is 17.7 Å². The number of anilines is 2. The largest absolute Gasteiger partial charge is 0.352 e. The Kier molecular flexibility index (Phi) is 4.85. The monoisotopic (exact) mass is 523 g/mol. The molecular weight excluding hydrogens is 508 g/mol. The predicted octanol–water partition coefficient (Wildman–Crippen LogP) is 1.71. The van der Waals surface area contributed by atoms with E-state index in [1.807, 2.05) is 0 Å². The molecule has 2 aliphatic rings. The van der Waals surface area contributed by atoms with E-state index >= 15 is 0 Å². The van der Waals surface area contributed by atoms with Crippen LogP contribution in [0, 0.1) is 11.6 Å². The van der Waals surface area contributed by atoms with E-state index in [4.69, 9.17) is 0 Å². The number of amides is 4. The van der Waals surface area contributed by atoms with Crippen LogP contribution in [-0.2, 0) is 21.7 Å². The van der Waals surface area contributed by atoms with E-state index < -0.39 is 47.3 Å². The zero-order valence-electron chi connectivity index (χ0n) is 18.8. The van der Waals surface area contributed by atoms with E-state index in [-0.39, 0.29) is 34.3 Å². The van der Waals surface area contributed by atoms with Gasteiger partial charge in [-0.1, -0.05) is 18.2 Å². The molecule has 0 saturated heterocycles. The van der Waals surface area contributed by atoms with E-state index in [0.29, 0.717) is 11.5 Å². The van der Waals surface area contributed by atoms with Crippen LogP contribution in [0.4, 0.5) is 20.3 Å². The van der Waals surface area contributed by atoms with Crippen LogP contribution < -0.4 is 21.3 Å². The Bertz CT molecular complexity index is 1700. The van der Waals surface area contributed by atoms with Crippen LogP contribution in [-0.4, -0.2) is 44.6 Å². The Balaban J connectivity index is 1.58. The summed E-state index contributed by atoms with van der Waals surface area (Å²) in [7, 11) is 1.34. The number of hydrogen-bond donors (Lipinski definition) is 4. The zero-order chi connectivity index (χ0) is 26.1. The molecular formula is C23H15F2N7O4S. The first kappa shape index (κ1) is 22.7. The molecule has 0 fully saturated rings. The van der Waals surface area contributed by atoms with Crippen molar-refractivity contribution in [1.29, 1.82) is 0 Å². The first-order valence-corrected chi connectivity index (χ1v) is 11.6. The van der Waals surface area contributed by atoms with Crippen molar-refractivity contribution >= 4 is 56.8 Å². The van der Waals surface area contributed by atoms with Crippen LogP contribution in [0.5, 0.6) is 0 Å². The second-order valence-electron chi connectivity index (χ2n) is 8.34. The van der Waals surface area contributed by atoms with E-state index in [1.54, 1.807) is 24.3 Å². The normalized spacial score (nSPS) is 17.8. The number of hydrogen-bond acceptors (Lipinski definition) is 7. The summed E-state index contributed by atoms with van der Waals surface area (Å²) in [6, 6.07) is 8.53. The maximum Gasteiger partial charge on any atom is 0.287 e. The lowest BCUT2D eigenvalue weighted by molar-refractivity contribution is -0.131. The lowest BCUT2D eigenvalue weighted by Crippen LogP contribution is -2.57. The van der Waals surface area contributed by atoms with Gasteiger partial charge in [-0.3, -0.25) is 19.2 Å². The molecule has 4 heterocycles. The van der Waals surface area contributed by atoms with Gasteiger partial charge < -0.3 is 25.8 Å². The number of halogens is 2. The smallest absolute Gasteiger partial charge is 0.287 e. The van der Waals surface area contributed by atoms with Gasteiger partial charge in [-0.25, -0.2) is 13.8 Å². The fourth-order valence-corrected chi connectivity index (χ4v) is 5.49. The average Bonchev–Trinajstić information content (AvgIpc) is 3.53. The maximum atomic E-state index is 14.6. The second-order valence-corrected chi connectivity index (χ2v) is 9.15. The van der Waals surface area contributed by atoms with Gasteiger partial charge in [-0.2, -0.15) is 4.37 Å². The van der Waals surface area contributed by atoms with Gasteiger partial charge in [-0.05, 0) is 23.7 Å². The van der Waals surface area contributed by atoms with Crippen molar-refractivity contribution in [1.82, 2.24) is 24.6 Å². The third-order valence-corrected chi connectivity index (χ3v) is 7.07. The molecule has 0 aliphatic carbocycles. The van der Waals surface area contributed by atoms with Crippen LogP contribution >= 0.6 is 11.5 Å². The number of imidazole rings is 1. The molecule has 6 rings (SSSR count). The Morgan fingerprint density at radius 3 is 2.73 bits per heavy atom. The zero-order valence-corrected chi connectivity index (χ0v) is 19.6. The topological polar surface area (TPSA) is 147 Å². The molecule has 14 heteroatoms. The van der Waals surface area contributed by atoms with E-state index in [1.165, 1.54) is 7.05 Å². The lowest BCUT2D eigenvalue weighted by Gasteiger charge is -2.34. The number of aromatic nitrogens is 3. The van der Waals surface area contributed by atoms with Crippen molar-refractivity contribution < 1.29 is 28.0 Å². The number of rotatable bonds is 3. The van der Waals surface area contributed by atoms with E-state index in [0.717, 1.165) is 26.9 Å². The third-order valence-electron chi connectivity index (χ3n) is 6.24. The third kappa shape index (κ3) is 3.15. The molecule has 0 saturated carbocycles. The number of benzene rings is 2. The molecule has 11 nitrogen and oxygen atoms in total. The van der Waals surface area contributed by atoms with E-state index in [2.05, 4.69) is 30.6 Å². The summed E-state index contributed by atoms with van der Waals surface area (Å²) in [6.45, 7) is -0.442. The standard InChI is InChI=1S/C23H15F2N7O4S/c1-26-21(35)19-28-18(29-20(34)15-10-4-2-3-5-13(10)37-31-15)17-23(30-14(33)8-32(17)19)11-6-9(24)7-12(25)16(11)27-22(23)36/h2-7H,8H2,1H3,(H,26,35)(H,27,36)(H,29,34)(H,30,33)/t23-/m1/s1. The van der Waals surface area contributed by atoms with Gasteiger partial charge >= 0.3 is 0 Å². The summed E-state index contributed by atoms with van der Waals surface area (Å²) in [5.74, 6) is -5.64. The molecule has 0 unspecified atom stereocenters. The van der Waals surface area contributed by atoms with Gasteiger partial charge in [0.2, 0.25) is 11.7 Å². The number of fused-ring (bicyclic) bond motifs is 5. The van der Waals surface area contributed by atoms with Crippen LogP contribution in [0.2, 0.25) is 0 Å². The van der Waals surface area contributed by atoms with Crippen molar-refractivity contribution in [2.24, 2.45) is 0 Å². The van der Waals surface area contributed by atoms with Gasteiger partial charge in [0, 0.05) is 24.1 Å². The summed E-state index contributed by atoms with van der Waals surface area (Å²) in [4.78, 5) is 56.4. The molecule has 1 atom stereocenters. The van der Waals surface area contributed by atoms with Gasteiger partial charge in [0.1, 0.15) is 29.6 Å². The Morgan fingerprint density at radius 1 is 1.16 bits per heavy atom. The van der Waals surface area contributed by atoms with Crippen molar-refractivity contribution in [2.45, 2.75) is 12.1 Å². The summed E-state index contributed by atoms with van der Waals surface area (Å²) < 4.78 is 35.1. The highest BCUT2D eigenvalue weighted by atomic mass is 32.1. The molecule has 4 aromatic rings. The minimum absolute atomic E-state index is 0.0751. The number of nitrogens with one attached hydrogen (secondary N) is 4. The molecule has 37 heavy (non-hydrogen) atoms. The van der Waals surface area contributed by atoms with Gasteiger partial charge in [-0.15, -0.1) is 0 Å². The fraction of sp³-hybridized carbons (Fsp3) is 0.130. The van der Waals surface area contributed by atoms with Crippen molar-refractivity contribution in [3.8, 4) is 0 Å². The minimum Gasteiger partial charge on any atom is -0.352 e. The van der Waals surface area contributed by atoms with Crippen LogP contribution in [0.15, 0.2) is 36.4 Å². The van der Waals surface area contributed by atoms with Crippen LogP contribution in [0.3, 0.4) is 0 Å². The average molecular weight is 523 g/mol. The molecule has 2 aromatic heterocycles. The summed E-state index contributed by atoms with van der Waals surface area (Å²) >= 11 is 1.10. The minimum atomic E-state index is -2.18. The van der Waals surface area contributed by atoms with E-state index in [9.17, 15) is 28.0 Å². The Morgan fingerprint density at radius 2 is 1.95 bits per heavy atom. The molecule has 2 aliphatic heterocycles. The second kappa shape index (κ2) is 7.89.